The lowest BCUT2D eigenvalue weighted by atomic mass is 10.0. The molecule has 1 N–H and O–H groups in total. The van der Waals surface area contributed by atoms with E-state index in [1.807, 2.05) is 21.1 Å². The topological polar surface area (TPSA) is 108 Å². The van der Waals surface area contributed by atoms with E-state index in [1.165, 1.54) is 257 Å². The van der Waals surface area contributed by atoms with E-state index < -0.39 is 26.5 Å². The van der Waals surface area contributed by atoms with Crippen molar-refractivity contribution in [1.29, 1.82) is 0 Å². The fourth-order valence-electron chi connectivity index (χ4n) is 11.5. The summed E-state index contributed by atoms with van der Waals surface area (Å²) < 4.78 is 34.8. The van der Waals surface area contributed by atoms with Crippen LogP contribution in [0.2, 0.25) is 0 Å². The van der Waals surface area contributed by atoms with Crippen molar-refractivity contribution in [3.8, 4) is 0 Å². The van der Waals surface area contributed by atoms with E-state index in [0.717, 1.165) is 83.5 Å². The highest BCUT2D eigenvalue weighted by atomic mass is 31.2. The van der Waals surface area contributed by atoms with Gasteiger partial charge in [-0.3, -0.25) is 18.6 Å². The second kappa shape index (κ2) is 74.2. The number of carbonyl (C=O) groups excluding carboxylic acids is 2. The summed E-state index contributed by atoms with van der Waals surface area (Å²) in [6.45, 7) is 4.37. The molecule has 0 aromatic rings. The van der Waals surface area contributed by atoms with Crippen molar-refractivity contribution in [2.75, 3.05) is 47.5 Å². The van der Waals surface area contributed by atoms with E-state index >= 15 is 0 Å². The normalized spacial score (nSPS) is 13.6. The van der Waals surface area contributed by atoms with Crippen LogP contribution in [-0.4, -0.2) is 74.9 Å². The molecule has 0 aromatic carbocycles. The first-order valence-corrected chi connectivity index (χ1v) is 41.5. The maximum Gasteiger partial charge on any atom is 0.472 e. The van der Waals surface area contributed by atoms with Crippen LogP contribution in [0.4, 0.5) is 0 Å². The Morgan fingerprint density at radius 3 is 0.915 bits per heavy atom. The second-order valence-electron chi connectivity index (χ2n) is 28.1. The molecular formula is C84H153NO8P+. The van der Waals surface area contributed by atoms with E-state index in [9.17, 15) is 19.0 Å². The van der Waals surface area contributed by atoms with E-state index in [4.69, 9.17) is 18.5 Å². The number of phosphoric acid groups is 1. The fraction of sp³-hybridized carbons (Fsp3) is 0.786. The van der Waals surface area contributed by atoms with Crippen molar-refractivity contribution in [3.63, 3.8) is 0 Å². The number of unbranched alkanes of at least 4 members (excludes halogenated alkanes) is 44. The lowest BCUT2D eigenvalue weighted by Gasteiger charge is -2.24. The first kappa shape index (κ1) is 90.9. The van der Waals surface area contributed by atoms with Gasteiger partial charge in [-0.1, -0.05) is 361 Å². The molecule has 0 aliphatic heterocycles. The smallest absolute Gasteiger partial charge is 0.462 e. The molecule has 0 spiro atoms. The van der Waals surface area contributed by atoms with Gasteiger partial charge in [0, 0.05) is 12.8 Å². The van der Waals surface area contributed by atoms with Gasteiger partial charge in [0.05, 0.1) is 27.7 Å². The zero-order valence-corrected chi connectivity index (χ0v) is 63.3. The van der Waals surface area contributed by atoms with Gasteiger partial charge in [-0.05, 0) is 96.3 Å². The summed E-state index contributed by atoms with van der Waals surface area (Å²) in [4.78, 5) is 36.0. The SMILES string of the molecule is CC/C=C\C/C=C\C/C=C\C/C=C\C/C=C\C/C=C\C/C=C\CCCCCCCCCCCCCCCCCC(=O)OC(COC(=O)CCCCCCCCCCCCCCCCCCCCCCC/C=C\CCCCCCCCCC)COP(=O)(O)OCC[N+](C)(C)C. The van der Waals surface area contributed by atoms with Crippen LogP contribution in [0.1, 0.15) is 373 Å². The molecule has 2 atom stereocenters. The van der Waals surface area contributed by atoms with Gasteiger partial charge in [-0.15, -0.1) is 0 Å². The minimum absolute atomic E-state index is 0.0310. The monoisotopic (exact) mass is 1340 g/mol. The molecule has 0 heterocycles. The number of phosphoric ester groups is 1. The molecule has 10 heteroatoms. The lowest BCUT2D eigenvalue weighted by Crippen LogP contribution is -2.37. The van der Waals surface area contributed by atoms with Crippen LogP contribution in [-0.2, 0) is 32.7 Å². The third-order valence-corrected chi connectivity index (χ3v) is 18.6. The van der Waals surface area contributed by atoms with E-state index in [2.05, 4.69) is 111 Å². The second-order valence-corrected chi connectivity index (χ2v) is 29.5. The molecule has 546 valence electrons. The van der Waals surface area contributed by atoms with Crippen molar-refractivity contribution < 1.29 is 42.1 Å². The number of hydrogen-bond donors (Lipinski definition) is 1. The number of allylic oxidation sites excluding steroid dienone is 16. The average Bonchev–Trinajstić information content (AvgIpc) is 1.56. The van der Waals surface area contributed by atoms with E-state index in [-0.39, 0.29) is 25.6 Å². The number of rotatable bonds is 74. The molecule has 0 radical (unpaired) electrons. The Bertz CT molecular complexity index is 1910. The third-order valence-electron chi connectivity index (χ3n) is 17.6. The van der Waals surface area contributed by atoms with Gasteiger partial charge in [0.1, 0.15) is 19.8 Å². The Labute approximate surface area is 583 Å². The number of carbonyl (C=O) groups is 2. The summed E-state index contributed by atoms with van der Waals surface area (Å²) in [7, 11) is 1.49. The molecule has 0 bridgehead atoms. The number of hydrogen-bond acceptors (Lipinski definition) is 7. The molecule has 0 aromatic heterocycles. The maximum atomic E-state index is 12.9. The third kappa shape index (κ3) is 77.9. The van der Waals surface area contributed by atoms with Crippen molar-refractivity contribution in [2.24, 2.45) is 0 Å². The molecule has 2 unspecified atom stereocenters. The van der Waals surface area contributed by atoms with Gasteiger partial charge in [-0.25, -0.2) is 4.57 Å². The zero-order chi connectivity index (χ0) is 68.3. The van der Waals surface area contributed by atoms with Gasteiger partial charge in [0.25, 0.3) is 0 Å². The summed E-state index contributed by atoms with van der Waals surface area (Å²) in [5, 5.41) is 0. The Kier molecular flexibility index (Phi) is 71.7. The molecule has 0 aliphatic carbocycles. The van der Waals surface area contributed by atoms with Crippen LogP contribution in [0.15, 0.2) is 97.2 Å². The number of esters is 2. The highest BCUT2D eigenvalue weighted by Gasteiger charge is 2.27. The van der Waals surface area contributed by atoms with Crippen LogP contribution in [0.3, 0.4) is 0 Å². The molecule has 0 fully saturated rings. The minimum atomic E-state index is -4.40. The molecule has 0 rings (SSSR count). The van der Waals surface area contributed by atoms with Gasteiger partial charge < -0.3 is 18.9 Å². The Morgan fingerprint density at radius 1 is 0.340 bits per heavy atom. The maximum absolute atomic E-state index is 12.9. The molecule has 94 heavy (non-hydrogen) atoms. The standard InChI is InChI=1S/C84H152NO8P/c1-6-8-10-12-14-16-18-20-22-24-26-28-30-32-34-36-38-40-41-42-43-45-47-49-51-53-55-57-59-61-63-65-67-69-71-73-75-77-84(87)93-82(81-92-94(88,89)91-79-78-85(3,4)5)80-90-83(86)76-74-72-70-68-66-64-62-60-58-56-54-52-50-48-46-44-39-37-35-33-31-29-27-25-23-21-19-17-15-13-11-9-7-2/h8,10,14,16,20,22,25-28,32,34,38,40,42-43,82H,6-7,9,11-13,15,17-19,21,23-24,29-31,33,35-37,39,41,44-81H2,1-5H3/p+1/b10-8-,16-14-,22-20-,27-25-,28-26-,34-32-,40-38-,43-42-. The average molecular weight is 1340 g/mol. The van der Waals surface area contributed by atoms with Gasteiger partial charge >= 0.3 is 19.8 Å². The molecule has 9 nitrogen and oxygen atoms in total. The Morgan fingerprint density at radius 2 is 0.606 bits per heavy atom. The highest BCUT2D eigenvalue weighted by molar-refractivity contribution is 7.47. The zero-order valence-electron chi connectivity index (χ0n) is 62.4. The quantitative estimate of drug-likeness (QED) is 0.0211. The fourth-order valence-corrected chi connectivity index (χ4v) is 12.3. The molecular weight excluding hydrogens is 1180 g/mol. The summed E-state index contributed by atoms with van der Waals surface area (Å²) in [6.07, 6.45) is 104. The van der Waals surface area contributed by atoms with Crippen molar-refractivity contribution in [3.05, 3.63) is 97.2 Å². The molecule has 0 saturated heterocycles. The summed E-state index contributed by atoms with van der Waals surface area (Å²) in [5.74, 6) is -0.782. The predicted molar refractivity (Wildman–Crippen MR) is 408 cm³/mol. The number of nitrogens with zero attached hydrogens (tertiary/aromatic N) is 1. The van der Waals surface area contributed by atoms with Crippen LogP contribution in [0.5, 0.6) is 0 Å². The molecule has 0 aliphatic rings. The van der Waals surface area contributed by atoms with Crippen molar-refractivity contribution in [1.82, 2.24) is 0 Å². The van der Waals surface area contributed by atoms with Crippen LogP contribution in [0, 0.1) is 0 Å². The minimum Gasteiger partial charge on any atom is -0.462 e. The van der Waals surface area contributed by atoms with E-state index in [0.29, 0.717) is 23.9 Å². The summed E-state index contributed by atoms with van der Waals surface area (Å²) in [6, 6.07) is 0. The number of likely N-dealkylation sites (N-methyl/N-ethyl adjacent to an activating group) is 1. The number of quaternary nitrogens is 1. The van der Waals surface area contributed by atoms with E-state index in [1.54, 1.807) is 0 Å². The Hall–Kier alpha value is -3.07. The highest BCUT2D eigenvalue weighted by Crippen LogP contribution is 2.43. The number of ether oxygens (including phenoxy) is 2. The largest absolute Gasteiger partial charge is 0.472 e. The van der Waals surface area contributed by atoms with Gasteiger partial charge in [0.2, 0.25) is 0 Å². The van der Waals surface area contributed by atoms with Gasteiger partial charge in [0.15, 0.2) is 6.10 Å². The lowest BCUT2D eigenvalue weighted by molar-refractivity contribution is -0.870. The summed E-state index contributed by atoms with van der Waals surface area (Å²) in [5.41, 5.74) is 0. The van der Waals surface area contributed by atoms with Gasteiger partial charge in [-0.2, -0.15) is 0 Å². The predicted octanol–water partition coefficient (Wildman–Crippen LogP) is 26.6. The molecule has 0 amide bonds. The van der Waals surface area contributed by atoms with Crippen molar-refractivity contribution >= 4 is 19.8 Å². The van der Waals surface area contributed by atoms with Crippen LogP contribution < -0.4 is 0 Å². The summed E-state index contributed by atoms with van der Waals surface area (Å²) >= 11 is 0. The van der Waals surface area contributed by atoms with Crippen molar-refractivity contribution in [2.45, 2.75) is 380 Å². The van der Waals surface area contributed by atoms with Crippen LogP contribution in [0.25, 0.3) is 0 Å². The first-order chi connectivity index (χ1) is 46.0. The Balaban J connectivity index is 3.96. The first-order valence-electron chi connectivity index (χ1n) is 40.0. The van der Waals surface area contributed by atoms with Crippen LogP contribution >= 0.6 is 7.82 Å². The molecule has 0 saturated carbocycles.